The molecule has 0 aromatic heterocycles. The minimum atomic E-state index is -1.38. The number of esters is 2. The van der Waals surface area contributed by atoms with Crippen molar-refractivity contribution in [2.45, 2.75) is 46.6 Å². The number of rotatable bonds is 10. The SMILES string of the molecule is CCCOC(=O)C(C(=O)OCCC)N(c1ccc(OC)cc1)c1cc(C)c(F)c(C)c1. The Morgan fingerprint density at radius 2 is 1.39 bits per heavy atom. The summed E-state index contributed by atoms with van der Waals surface area (Å²) < 4.78 is 30.2. The molecule has 6 nitrogen and oxygen atoms in total. The number of anilines is 2. The Kier molecular flexibility index (Phi) is 8.85. The number of aryl methyl sites for hydroxylation is 2. The van der Waals surface area contributed by atoms with Gasteiger partial charge in [0.1, 0.15) is 11.6 Å². The number of benzene rings is 2. The van der Waals surface area contributed by atoms with Gasteiger partial charge in [-0.25, -0.2) is 14.0 Å². The maximum Gasteiger partial charge on any atom is 0.340 e. The van der Waals surface area contributed by atoms with Crippen molar-refractivity contribution < 1.29 is 28.2 Å². The second-order valence-electron chi connectivity index (χ2n) is 7.20. The zero-order valence-corrected chi connectivity index (χ0v) is 18.7. The number of nitrogens with zero attached hydrogens (tertiary/aromatic N) is 1. The van der Waals surface area contributed by atoms with Crippen molar-refractivity contribution in [3.8, 4) is 5.75 Å². The number of carbonyl (C=O) groups excluding carboxylic acids is 2. The Morgan fingerprint density at radius 1 is 0.903 bits per heavy atom. The highest BCUT2D eigenvalue weighted by Crippen LogP contribution is 2.33. The van der Waals surface area contributed by atoms with Crippen molar-refractivity contribution >= 4 is 23.3 Å². The molecule has 168 valence electrons. The third-order valence-electron chi connectivity index (χ3n) is 4.65. The van der Waals surface area contributed by atoms with E-state index in [1.807, 2.05) is 13.8 Å². The maximum atomic E-state index is 14.3. The van der Waals surface area contributed by atoms with Gasteiger partial charge in [0.2, 0.25) is 6.04 Å². The number of hydrogen-bond donors (Lipinski definition) is 0. The summed E-state index contributed by atoms with van der Waals surface area (Å²) in [4.78, 5) is 27.5. The topological polar surface area (TPSA) is 65.1 Å². The zero-order chi connectivity index (χ0) is 23.0. The van der Waals surface area contributed by atoms with E-state index in [0.717, 1.165) is 0 Å². The zero-order valence-electron chi connectivity index (χ0n) is 18.7. The molecule has 2 aromatic rings. The fraction of sp³-hybridized carbons (Fsp3) is 0.417. The van der Waals surface area contributed by atoms with Gasteiger partial charge in [0.25, 0.3) is 0 Å². The second kappa shape index (κ2) is 11.3. The molecule has 0 aliphatic carbocycles. The predicted molar refractivity (Wildman–Crippen MR) is 117 cm³/mol. The van der Waals surface area contributed by atoms with Gasteiger partial charge in [-0.3, -0.25) is 0 Å². The highest BCUT2D eigenvalue weighted by atomic mass is 19.1. The first kappa shape index (κ1) is 24.2. The molecule has 7 heteroatoms. The lowest BCUT2D eigenvalue weighted by Gasteiger charge is -2.31. The molecular weight excluding hydrogens is 401 g/mol. The van der Waals surface area contributed by atoms with Gasteiger partial charge >= 0.3 is 11.9 Å². The van der Waals surface area contributed by atoms with Gasteiger partial charge in [-0.1, -0.05) is 13.8 Å². The molecule has 0 saturated heterocycles. The fourth-order valence-electron chi connectivity index (χ4n) is 3.12. The van der Waals surface area contributed by atoms with E-state index in [2.05, 4.69) is 0 Å². The van der Waals surface area contributed by atoms with Crippen LogP contribution in [0.2, 0.25) is 0 Å². The van der Waals surface area contributed by atoms with Gasteiger partial charge < -0.3 is 19.1 Å². The van der Waals surface area contributed by atoms with Gasteiger partial charge in [0.05, 0.1) is 20.3 Å². The van der Waals surface area contributed by atoms with Gasteiger partial charge in [0, 0.05) is 11.4 Å². The lowest BCUT2D eigenvalue weighted by Crippen LogP contribution is -2.46. The Bertz CT molecular complexity index is 854. The van der Waals surface area contributed by atoms with E-state index in [4.69, 9.17) is 14.2 Å². The van der Waals surface area contributed by atoms with Crippen LogP contribution in [0.1, 0.15) is 37.8 Å². The molecule has 0 N–H and O–H groups in total. The quantitative estimate of drug-likeness (QED) is 0.395. The van der Waals surface area contributed by atoms with Gasteiger partial charge in [-0.15, -0.1) is 0 Å². The predicted octanol–water partition coefficient (Wildman–Crippen LogP) is 4.86. The van der Waals surface area contributed by atoms with E-state index in [-0.39, 0.29) is 19.0 Å². The summed E-state index contributed by atoms with van der Waals surface area (Å²) in [6, 6.07) is 8.70. The van der Waals surface area contributed by atoms with Crippen molar-refractivity contribution in [2.24, 2.45) is 0 Å². The molecule has 0 bridgehead atoms. The lowest BCUT2D eigenvalue weighted by atomic mass is 10.1. The highest BCUT2D eigenvalue weighted by molar-refractivity contribution is 6.04. The molecule has 0 radical (unpaired) electrons. The molecule has 0 unspecified atom stereocenters. The molecule has 2 rings (SSSR count). The van der Waals surface area contributed by atoms with Crippen LogP contribution in [0.4, 0.5) is 15.8 Å². The van der Waals surface area contributed by atoms with Crippen molar-refractivity contribution in [2.75, 3.05) is 25.2 Å². The number of carbonyl (C=O) groups is 2. The third-order valence-corrected chi connectivity index (χ3v) is 4.65. The summed E-state index contributed by atoms with van der Waals surface area (Å²) in [5.74, 6) is -1.16. The van der Waals surface area contributed by atoms with E-state index < -0.39 is 18.0 Å². The van der Waals surface area contributed by atoms with Crippen LogP contribution >= 0.6 is 0 Å². The highest BCUT2D eigenvalue weighted by Gasteiger charge is 2.37. The molecule has 0 amide bonds. The molecule has 0 aliphatic rings. The Labute approximate surface area is 182 Å². The van der Waals surface area contributed by atoms with Crippen LogP contribution < -0.4 is 9.64 Å². The van der Waals surface area contributed by atoms with Crippen molar-refractivity contribution in [3.05, 3.63) is 53.3 Å². The minimum Gasteiger partial charge on any atom is -0.497 e. The monoisotopic (exact) mass is 431 g/mol. The van der Waals surface area contributed by atoms with E-state index in [9.17, 15) is 14.0 Å². The summed E-state index contributed by atoms with van der Waals surface area (Å²) in [5.41, 5.74) is 1.82. The lowest BCUT2D eigenvalue weighted by molar-refractivity contribution is -0.156. The van der Waals surface area contributed by atoms with Crippen molar-refractivity contribution in [3.63, 3.8) is 0 Å². The molecule has 0 heterocycles. The number of hydrogen-bond acceptors (Lipinski definition) is 6. The standard InChI is InChI=1S/C24H30FNO5/c1-6-12-30-23(27)22(24(28)31-13-7-2)26(18-8-10-20(29-5)11-9-18)19-14-16(3)21(25)17(4)15-19/h8-11,14-15,22H,6-7,12-13H2,1-5H3. The van der Waals surface area contributed by atoms with Crippen LogP contribution in [0.25, 0.3) is 0 Å². The summed E-state index contributed by atoms with van der Waals surface area (Å²) in [6.45, 7) is 7.36. The van der Waals surface area contributed by atoms with Gasteiger partial charge in [-0.05, 0) is 74.2 Å². The van der Waals surface area contributed by atoms with E-state index >= 15 is 0 Å². The first-order valence-electron chi connectivity index (χ1n) is 10.4. The van der Waals surface area contributed by atoms with Crippen LogP contribution in [-0.4, -0.2) is 38.3 Å². The molecule has 0 fully saturated rings. The molecule has 0 aliphatic heterocycles. The van der Waals surface area contributed by atoms with Crippen molar-refractivity contribution in [1.82, 2.24) is 0 Å². The maximum absolute atomic E-state index is 14.3. The second-order valence-corrected chi connectivity index (χ2v) is 7.20. The Hall–Kier alpha value is -3.09. The first-order valence-corrected chi connectivity index (χ1v) is 10.4. The van der Waals surface area contributed by atoms with E-state index in [0.29, 0.717) is 41.1 Å². The van der Waals surface area contributed by atoms with Crippen LogP contribution in [0.3, 0.4) is 0 Å². The fourth-order valence-corrected chi connectivity index (χ4v) is 3.12. The largest absolute Gasteiger partial charge is 0.497 e. The molecule has 0 spiro atoms. The van der Waals surface area contributed by atoms with Gasteiger partial charge in [0.15, 0.2) is 0 Å². The number of methoxy groups -OCH3 is 1. The molecule has 2 aromatic carbocycles. The van der Waals surface area contributed by atoms with Crippen LogP contribution in [-0.2, 0) is 19.1 Å². The third kappa shape index (κ3) is 5.96. The van der Waals surface area contributed by atoms with E-state index in [1.165, 1.54) is 4.90 Å². The molecular formula is C24H30FNO5. The Balaban J connectivity index is 2.64. The van der Waals surface area contributed by atoms with E-state index in [1.54, 1.807) is 57.4 Å². The van der Waals surface area contributed by atoms with Crippen LogP contribution in [0.5, 0.6) is 5.75 Å². The number of ether oxygens (including phenoxy) is 3. The van der Waals surface area contributed by atoms with Crippen LogP contribution in [0.15, 0.2) is 36.4 Å². The number of halogens is 1. The molecule has 0 atom stereocenters. The molecule has 0 saturated carbocycles. The summed E-state index contributed by atoms with van der Waals surface area (Å²) in [7, 11) is 1.55. The first-order chi connectivity index (χ1) is 14.8. The average Bonchev–Trinajstić information content (AvgIpc) is 2.77. The smallest absolute Gasteiger partial charge is 0.340 e. The Morgan fingerprint density at radius 3 is 1.81 bits per heavy atom. The van der Waals surface area contributed by atoms with Crippen LogP contribution in [0, 0.1) is 19.7 Å². The minimum absolute atomic E-state index is 0.175. The summed E-state index contributed by atoms with van der Waals surface area (Å²) in [6.07, 6.45) is 1.22. The van der Waals surface area contributed by atoms with Gasteiger partial charge in [-0.2, -0.15) is 0 Å². The molecule has 31 heavy (non-hydrogen) atoms. The van der Waals surface area contributed by atoms with Crippen molar-refractivity contribution in [1.29, 1.82) is 0 Å². The normalized spacial score (nSPS) is 10.7. The summed E-state index contributed by atoms with van der Waals surface area (Å²) in [5, 5.41) is 0. The average molecular weight is 432 g/mol. The summed E-state index contributed by atoms with van der Waals surface area (Å²) >= 11 is 0.